The fourth-order valence-electron chi connectivity index (χ4n) is 6.93. The molecular weight excluding hydrogens is 446 g/mol. The van der Waals surface area contributed by atoms with Crippen molar-refractivity contribution in [2.24, 2.45) is 22.7 Å². The number of carbonyl (C=O) groups is 1. The molecule has 5 rings (SSSR count). The Morgan fingerprint density at radius 3 is 2.71 bits per heavy atom. The Morgan fingerprint density at radius 2 is 1.94 bits per heavy atom. The van der Waals surface area contributed by atoms with Crippen LogP contribution in [0.2, 0.25) is 0 Å². The summed E-state index contributed by atoms with van der Waals surface area (Å²) in [5, 5.41) is 14.0. The Balaban J connectivity index is 1.23. The van der Waals surface area contributed by atoms with E-state index >= 15 is 0 Å². The first-order chi connectivity index (χ1) is 16.9. The molecule has 2 aliphatic carbocycles. The number of fused-ring (bicyclic) bond motifs is 3. The maximum absolute atomic E-state index is 12.8. The summed E-state index contributed by atoms with van der Waals surface area (Å²) < 4.78 is 23.8. The van der Waals surface area contributed by atoms with Crippen molar-refractivity contribution in [1.29, 1.82) is 0 Å². The monoisotopic (exact) mass is 483 g/mol. The SMILES string of the molecule is C[C@@]12CO[C@@H](COc3ccccc3)O[C@@H]1CC[C@]1(C)C2CC[C@@H](O)[C@H]1CC(=O)NCc1ccco1. The van der Waals surface area contributed by atoms with Crippen LogP contribution < -0.4 is 10.1 Å². The van der Waals surface area contributed by atoms with Gasteiger partial charge in [0.15, 0.2) is 6.29 Å². The summed E-state index contributed by atoms with van der Waals surface area (Å²) in [4.78, 5) is 12.8. The fourth-order valence-corrected chi connectivity index (χ4v) is 6.93. The zero-order valence-electron chi connectivity index (χ0n) is 20.7. The van der Waals surface area contributed by atoms with Crippen molar-refractivity contribution in [2.75, 3.05) is 13.2 Å². The lowest BCUT2D eigenvalue weighted by Gasteiger charge is -2.62. The standard InChI is InChI=1S/C28H37NO6/c1-27-13-12-24-28(2,18-34-26(35-24)17-33-19-7-4-3-5-8-19)23(27)11-10-22(30)21(27)15-25(31)29-16-20-9-6-14-32-20/h3-9,14,21-24,26,30H,10-13,15-18H2,1-2H3,(H,29,31)/t21-,22-,23?,24-,26-,27+,28+/m1/s1. The van der Waals surface area contributed by atoms with Gasteiger partial charge in [0.1, 0.15) is 18.1 Å². The maximum atomic E-state index is 12.8. The van der Waals surface area contributed by atoms with Gasteiger partial charge in [0.25, 0.3) is 0 Å². The summed E-state index contributed by atoms with van der Waals surface area (Å²) in [6.07, 6.45) is 4.50. The van der Waals surface area contributed by atoms with Gasteiger partial charge in [-0.3, -0.25) is 4.79 Å². The minimum absolute atomic E-state index is 0.0473. The molecule has 35 heavy (non-hydrogen) atoms. The molecule has 0 radical (unpaired) electrons. The Morgan fingerprint density at radius 1 is 1.11 bits per heavy atom. The van der Waals surface area contributed by atoms with Gasteiger partial charge in [-0.2, -0.15) is 0 Å². The van der Waals surface area contributed by atoms with Crippen molar-refractivity contribution in [1.82, 2.24) is 5.32 Å². The highest BCUT2D eigenvalue weighted by Crippen LogP contribution is 2.62. The molecule has 1 aliphatic heterocycles. The molecule has 190 valence electrons. The first-order valence-corrected chi connectivity index (χ1v) is 12.8. The summed E-state index contributed by atoms with van der Waals surface area (Å²) in [6.45, 7) is 5.84. The van der Waals surface area contributed by atoms with E-state index in [1.54, 1.807) is 6.26 Å². The van der Waals surface area contributed by atoms with Crippen LogP contribution in [0.15, 0.2) is 53.1 Å². The van der Waals surface area contributed by atoms with Crippen molar-refractivity contribution < 1.29 is 28.5 Å². The average molecular weight is 484 g/mol. The predicted octanol–water partition coefficient (Wildman–Crippen LogP) is 4.30. The molecule has 2 N–H and O–H groups in total. The normalized spacial score (nSPS) is 36.6. The van der Waals surface area contributed by atoms with Crippen LogP contribution in [0.4, 0.5) is 0 Å². The first-order valence-electron chi connectivity index (χ1n) is 12.8. The zero-order chi connectivity index (χ0) is 24.5. The molecule has 3 aliphatic rings. The van der Waals surface area contributed by atoms with Gasteiger partial charge in [-0.1, -0.05) is 32.0 Å². The summed E-state index contributed by atoms with van der Waals surface area (Å²) in [6, 6.07) is 13.4. The van der Waals surface area contributed by atoms with Crippen molar-refractivity contribution in [3.8, 4) is 5.75 Å². The number of carbonyl (C=O) groups excluding carboxylic acids is 1. The summed E-state index contributed by atoms with van der Waals surface area (Å²) in [7, 11) is 0. The fraction of sp³-hybridized carbons (Fsp3) is 0.607. The minimum Gasteiger partial charge on any atom is -0.488 e. The van der Waals surface area contributed by atoms with Crippen LogP contribution in [0.3, 0.4) is 0 Å². The number of amides is 1. The quantitative estimate of drug-likeness (QED) is 0.610. The van der Waals surface area contributed by atoms with Crippen LogP contribution in [0.25, 0.3) is 0 Å². The van der Waals surface area contributed by atoms with Crippen molar-refractivity contribution in [3.63, 3.8) is 0 Å². The Kier molecular flexibility index (Phi) is 6.93. The summed E-state index contributed by atoms with van der Waals surface area (Å²) in [5.74, 6) is 1.68. The van der Waals surface area contributed by atoms with Gasteiger partial charge in [-0.25, -0.2) is 0 Å². The van der Waals surface area contributed by atoms with E-state index in [0.29, 0.717) is 38.5 Å². The molecule has 1 unspecified atom stereocenters. The molecule has 0 spiro atoms. The second-order valence-electron chi connectivity index (χ2n) is 10.9. The van der Waals surface area contributed by atoms with Crippen LogP contribution >= 0.6 is 0 Å². The highest BCUT2D eigenvalue weighted by molar-refractivity contribution is 5.76. The number of aliphatic hydroxyl groups excluding tert-OH is 1. The summed E-state index contributed by atoms with van der Waals surface area (Å²) in [5.41, 5.74) is -0.329. The lowest BCUT2D eigenvalue weighted by atomic mass is 9.46. The highest BCUT2D eigenvalue weighted by atomic mass is 16.7. The number of benzene rings is 1. The third-order valence-electron chi connectivity index (χ3n) is 8.81. The molecule has 2 heterocycles. The second kappa shape index (κ2) is 9.96. The van der Waals surface area contributed by atoms with E-state index in [0.717, 1.165) is 30.8 Å². The number of ether oxygens (including phenoxy) is 3. The molecule has 1 aromatic carbocycles. The van der Waals surface area contributed by atoms with Crippen molar-refractivity contribution in [2.45, 2.75) is 71.0 Å². The van der Waals surface area contributed by atoms with E-state index in [-0.39, 0.29) is 28.8 Å². The van der Waals surface area contributed by atoms with Gasteiger partial charge in [0.05, 0.1) is 31.6 Å². The molecule has 1 aromatic heterocycles. The molecule has 2 saturated carbocycles. The first kappa shape index (κ1) is 24.3. The topological polar surface area (TPSA) is 90.2 Å². The largest absolute Gasteiger partial charge is 0.488 e. The highest BCUT2D eigenvalue weighted by Gasteiger charge is 2.61. The molecule has 7 atom stereocenters. The van der Waals surface area contributed by atoms with E-state index < -0.39 is 12.4 Å². The average Bonchev–Trinajstić information content (AvgIpc) is 3.38. The van der Waals surface area contributed by atoms with Crippen LogP contribution in [0.1, 0.15) is 51.7 Å². The van der Waals surface area contributed by atoms with Gasteiger partial charge >= 0.3 is 0 Å². The predicted molar refractivity (Wildman–Crippen MR) is 129 cm³/mol. The third kappa shape index (κ3) is 4.86. The number of hydrogen-bond donors (Lipinski definition) is 2. The van der Waals surface area contributed by atoms with Gasteiger partial charge < -0.3 is 29.1 Å². The molecule has 7 nitrogen and oxygen atoms in total. The van der Waals surface area contributed by atoms with Crippen LogP contribution in [0.5, 0.6) is 5.75 Å². The van der Waals surface area contributed by atoms with Gasteiger partial charge in [0, 0.05) is 11.8 Å². The molecule has 2 aromatic rings. The lowest BCUT2D eigenvalue weighted by Crippen LogP contribution is -2.63. The van der Waals surface area contributed by atoms with Gasteiger partial charge in [0.2, 0.25) is 5.91 Å². The molecule has 1 amide bonds. The Bertz CT molecular complexity index is 981. The maximum Gasteiger partial charge on any atom is 0.220 e. The van der Waals surface area contributed by atoms with Crippen LogP contribution in [-0.4, -0.2) is 42.7 Å². The van der Waals surface area contributed by atoms with Crippen LogP contribution in [0, 0.1) is 22.7 Å². The van der Waals surface area contributed by atoms with E-state index in [1.807, 2.05) is 42.5 Å². The molecule has 0 bridgehead atoms. The van der Waals surface area contributed by atoms with E-state index in [2.05, 4.69) is 19.2 Å². The van der Waals surface area contributed by atoms with Crippen molar-refractivity contribution >= 4 is 5.91 Å². The van der Waals surface area contributed by atoms with Gasteiger partial charge in [-0.05, 0) is 67.2 Å². The zero-order valence-corrected chi connectivity index (χ0v) is 20.7. The van der Waals surface area contributed by atoms with E-state index in [1.165, 1.54) is 0 Å². The minimum atomic E-state index is -0.483. The molecule has 1 saturated heterocycles. The van der Waals surface area contributed by atoms with E-state index in [4.69, 9.17) is 18.6 Å². The number of rotatable bonds is 7. The molecular formula is C28H37NO6. The lowest BCUT2D eigenvalue weighted by molar-refractivity contribution is -0.313. The van der Waals surface area contributed by atoms with Crippen molar-refractivity contribution in [3.05, 3.63) is 54.5 Å². The Hall–Kier alpha value is -2.35. The number of aliphatic hydroxyl groups is 1. The number of hydrogen-bond acceptors (Lipinski definition) is 6. The number of para-hydroxylation sites is 1. The van der Waals surface area contributed by atoms with E-state index in [9.17, 15) is 9.90 Å². The molecule has 3 fully saturated rings. The molecule has 7 heteroatoms. The Labute approximate surface area is 207 Å². The second-order valence-corrected chi connectivity index (χ2v) is 10.9. The smallest absolute Gasteiger partial charge is 0.220 e. The number of furan rings is 1. The summed E-state index contributed by atoms with van der Waals surface area (Å²) >= 11 is 0. The third-order valence-corrected chi connectivity index (χ3v) is 8.81. The van der Waals surface area contributed by atoms with Crippen LogP contribution in [-0.2, 0) is 20.8 Å². The van der Waals surface area contributed by atoms with Gasteiger partial charge in [-0.15, -0.1) is 0 Å². The number of nitrogens with one attached hydrogen (secondary N) is 1.